The number of hydrogen-bond donors (Lipinski definition) is 0. The molecule has 28 valence electrons. The fourth-order valence-corrected chi connectivity index (χ4v) is 0. The molecule has 0 N–H and O–H groups in total. The first-order valence-corrected chi connectivity index (χ1v) is 4.50. The Morgan fingerprint density at radius 1 is 2.00 bits per heavy atom. The largest absolute Gasteiger partial charge is 0.215 e. The Labute approximate surface area is 41.2 Å². The molecule has 0 rings (SSSR count). The average Bonchev–Trinajstić information content (AvgIpc) is 1.38. The van der Waals surface area contributed by atoms with Gasteiger partial charge in [-0.2, -0.15) is 0 Å². The van der Waals surface area contributed by atoms with Crippen LogP contribution in [0.4, 0.5) is 4.20 Å². The molecule has 1 atom stereocenters. The molecule has 2 radical (unpaired) electrons. The molecule has 5 heavy (non-hydrogen) atoms. The van der Waals surface area contributed by atoms with E-state index in [-0.39, 0.29) is 6.06 Å². The lowest BCUT2D eigenvalue weighted by atomic mass is 10.2. The first kappa shape index (κ1) is 5.90. The van der Waals surface area contributed by atoms with Crippen LogP contribution < -0.4 is 0 Å². The summed E-state index contributed by atoms with van der Waals surface area (Å²) < 4.78 is 11.3. The SMILES string of the molecule is [B]CP(F)Br. The van der Waals surface area contributed by atoms with E-state index >= 15 is 0 Å². The van der Waals surface area contributed by atoms with Crippen LogP contribution in [0.2, 0.25) is 0 Å². The Kier molecular flexibility index (Phi) is 3.67. The van der Waals surface area contributed by atoms with Crippen LogP contribution in [0.1, 0.15) is 0 Å². The first-order chi connectivity index (χ1) is 2.27. The van der Waals surface area contributed by atoms with Crippen LogP contribution >= 0.6 is 22.4 Å². The second-order valence-electron chi connectivity index (χ2n) is 0.486. The van der Waals surface area contributed by atoms with Gasteiger partial charge in [0.25, 0.3) is 0 Å². The molecule has 0 aromatic heterocycles. The number of halogens is 2. The maximum absolute atomic E-state index is 11.3. The van der Waals surface area contributed by atoms with Crippen molar-refractivity contribution in [1.82, 2.24) is 0 Å². The van der Waals surface area contributed by atoms with Crippen molar-refractivity contribution in [3.05, 3.63) is 0 Å². The topological polar surface area (TPSA) is 0 Å². The Bertz CT molecular complexity index is 25.6. The highest BCUT2D eigenvalue weighted by Gasteiger charge is 1.88. The lowest BCUT2D eigenvalue weighted by Gasteiger charge is -1.82. The van der Waals surface area contributed by atoms with E-state index in [1.165, 1.54) is 0 Å². The lowest BCUT2D eigenvalue weighted by molar-refractivity contribution is 0.918. The second kappa shape index (κ2) is 3.11. The van der Waals surface area contributed by atoms with E-state index in [1.54, 1.807) is 0 Å². The molecule has 4 heteroatoms. The van der Waals surface area contributed by atoms with Crippen LogP contribution in [0.15, 0.2) is 0 Å². The van der Waals surface area contributed by atoms with Gasteiger partial charge in [0.1, 0.15) is 6.93 Å². The summed E-state index contributed by atoms with van der Waals surface area (Å²) in [5.74, 6) is 0. The van der Waals surface area contributed by atoms with Crippen LogP contribution in [0.5, 0.6) is 0 Å². The lowest BCUT2D eigenvalue weighted by Crippen LogP contribution is -1.63. The van der Waals surface area contributed by atoms with Crippen molar-refractivity contribution in [2.75, 3.05) is 6.06 Å². The standard InChI is InChI=1S/CH2BBrFP/c2-1-5(3)4/h1H2. The Morgan fingerprint density at radius 3 is 2.20 bits per heavy atom. The summed E-state index contributed by atoms with van der Waals surface area (Å²) in [5, 5.41) is 0. The molecule has 0 aliphatic heterocycles. The summed E-state index contributed by atoms with van der Waals surface area (Å²) in [5.41, 5.74) is 0. The van der Waals surface area contributed by atoms with Crippen molar-refractivity contribution in [3.63, 3.8) is 0 Å². The van der Waals surface area contributed by atoms with Gasteiger partial charge in [-0.3, -0.25) is 0 Å². The highest BCUT2D eigenvalue weighted by atomic mass is 79.9. The molecule has 0 amide bonds. The Hall–Kier alpha value is 0.905. The molecule has 0 saturated carbocycles. The van der Waals surface area contributed by atoms with Crippen LogP contribution in [-0.2, 0) is 0 Å². The quantitative estimate of drug-likeness (QED) is 0.399. The molecule has 0 spiro atoms. The van der Waals surface area contributed by atoms with E-state index in [9.17, 15) is 4.20 Å². The predicted octanol–water partition coefficient (Wildman–Crippen LogP) is 1.79. The highest BCUT2D eigenvalue weighted by molar-refractivity contribution is 9.38. The van der Waals surface area contributed by atoms with E-state index in [2.05, 4.69) is 15.5 Å². The molecule has 0 fully saturated rings. The summed E-state index contributed by atoms with van der Waals surface area (Å²) in [7, 11) is 4.78. The third-order valence-corrected chi connectivity index (χ3v) is 1.28. The van der Waals surface area contributed by atoms with Crippen molar-refractivity contribution in [1.29, 1.82) is 0 Å². The zero-order chi connectivity index (χ0) is 4.28. The molecule has 0 nitrogen and oxygen atoms in total. The molecule has 0 aliphatic carbocycles. The monoisotopic (exact) mass is 154 g/mol. The van der Waals surface area contributed by atoms with E-state index in [1.807, 2.05) is 0 Å². The molecular weight excluding hydrogens is 153 g/mol. The van der Waals surface area contributed by atoms with Gasteiger partial charge in [-0.25, -0.2) is 4.20 Å². The first-order valence-electron chi connectivity index (χ1n) is 1.06. The minimum atomic E-state index is -1.51. The van der Waals surface area contributed by atoms with Crippen molar-refractivity contribution in [3.8, 4) is 0 Å². The van der Waals surface area contributed by atoms with E-state index in [4.69, 9.17) is 7.85 Å². The summed E-state index contributed by atoms with van der Waals surface area (Å²) in [4.78, 5) is 0. The van der Waals surface area contributed by atoms with Crippen LogP contribution in [0.3, 0.4) is 0 Å². The van der Waals surface area contributed by atoms with Gasteiger partial charge in [-0.1, -0.05) is 0 Å². The maximum Gasteiger partial charge on any atom is 0.142 e. The maximum atomic E-state index is 11.3. The molecule has 0 saturated heterocycles. The molecular formula is CH2BBrFP. The summed E-state index contributed by atoms with van der Waals surface area (Å²) in [6.45, 7) is -1.51. The molecule has 0 heterocycles. The molecule has 1 unspecified atom stereocenters. The summed E-state index contributed by atoms with van der Waals surface area (Å²) in [6.07, 6.45) is 0. The second-order valence-corrected chi connectivity index (χ2v) is 3.77. The van der Waals surface area contributed by atoms with Gasteiger partial charge in [0.05, 0.1) is 7.85 Å². The fourth-order valence-electron chi connectivity index (χ4n) is 0. The normalized spacial score (nSPS) is 14.8. The predicted molar refractivity (Wildman–Crippen MR) is 27.6 cm³/mol. The van der Waals surface area contributed by atoms with Crippen molar-refractivity contribution in [2.24, 2.45) is 0 Å². The van der Waals surface area contributed by atoms with Gasteiger partial charge < -0.3 is 0 Å². The number of rotatable bonds is 1. The van der Waals surface area contributed by atoms with Crippen LogP contribution in [0.25, 0.3) is 0 Å². The van der Waals surface area contributed by atoms with E-state index < -0.39 is 6.93 Å². The Morgan fingerprint density at radius 2 is 2.20 bits per heavy atom. The van der Waals surface area contributed by atoms with Gasteiger partial charge in [-0.15, -0.1) is 0 Å². The van der Waals surface area contributed by atoms with Crippen molar-refractivity contribution in [2.45, 2.75) is 0 Å². The molecule has 0 aromatic carbocycles. The third kappa shape index (κ3) is 4.90. The van der Waals surface area contributed by atoms with Crippen molar-refractivity contribution < 1.29 is 4.20 Å². The minimum Gasteiger partial charge on any atom is -0.215 e. The number of hydrogen-bond acceptors (Lipinski definition) is 0. The van der Waals surface area contributed by atoms with E-state index in [0.29, 0.717) is 0 Å². The zero-order valence-electron chi connectivity index (χ0n) is 2.49. The van der Waals surface area contributed by atoms with Crippen molar-refractivity contribution >= 4 is 30.3 Å². The smallest absolute Gasteiger partial charge is 0.142 e. The summed E-state index contributed by atoms with van der Waals surface area (Å²) in [6, 6.07) is 0.120. The molecule has 0 aromatic rings. The molecule has 0 aliphatic rings. The van der Waals surface area contributed by atoms with Crippen LogP contribution in [-0.4, -0.2) is 13.9 Å². The zero-order valence-corrected chi connectivity index (χ0v) is 4.97. The van der Waals surface area contributed by atoms with Gasteiger partial charge >= 0.3 is 0 Å². The minimum absolute atomic E-state index is 0.120. The van der Waals surface area contributed by atoms with Gasteiger partial charge in [0.2, 0.25) is 0 Å². The van der Waals surface area contributed by atoms with Gasteiger partial charge in [-0.05, 0) is 21.6 Å². The average molecular weight is 155 g/mol. The molecule has 0 bridgehead atoms. The summed E-state index contributed by atoms with van der Waals surface area (Å²) >= 11 is 2.65. The third-order valence-electron chi connectivity index (χ3n) is 0.138. The van der Waals surface area contributed by atoms with E-state index in [0.717, 1.165) is 0 Å². The highest BCUT2D eigenvalue weighted by Crippen LogP contribution is 2.43. The fraction of sp³-hybridized carbons (Fsp3) is 1.00. The van der Waals surface area contributed by atoms with Gasteiger partial charge in [0, 0.05) is 0 Å². The van der Waals surface area contributed by atoms with Crippen LogP contribution in [0, 0.1) is 0 Å². The Balaban J connectivity index is 2.54. The van der Waals surface area contributed by atoms with Gasteiger partial charge in [0.15, 0.2) is 0 Å².